The Balaban J connectivity index is 2.24. The summed E-state index contributed by atoms with van der Waals surface area (Å²) in [6.07, 6.45) is 3.47. The van der Waals surface area contributed by atoms with Gasteiger partial charge in [-0.3, -0.25) is 0 Å². The van der Waals surface area contributed by atoms with E-state index in [2.05, 4.69) is 31.1 Å². The molecule has 0 spiro atoms. The third kappa shape index (κ3) is 6.60. The number of aromatic nitrogens is 1. The van der Waals surface area contributed by atoms with E-state index in [1.807, 2.05) is 18.2 Å². The Hall–Kier alpha value is -1.09. The molecule has 0 aromatic carbocycles. The number of nitrogens with zero attached hydrogens (tertiary/aromatic N) is 1. The molecule has 0 atom stereocenters. The maximum absolute atomic E-state index is 5.64. The van der Waals surface area contributed by atoms with Crippen molar-refractivity contribution in [2.45, 2.75) is 46.6 Å². The van der Waals surface area contributed by atoms with Crippen molar-refractivity contribution in [3.63, 3.8) is 0 Å². The lowest BCUT2D eigenvalue weighted by Crippen LogP contribution is -2.04. The van der Waals surface area contributed by atoms with E-state index in [0.717, 1.165) is 43.4 Å². The first-order chi connectivity index (χ1) is 8.72. The van der Waals surface area contributed by atoms with Crippen molar-refractivity contribution in [1.82, 2.24) is 4.98 Å². The van der Waals surface area contributed by atoms with E-state index in [9.17, 15) is 0 Å². The van der Waals surface area contributed by atoms with Crippen LogP contribution in [-0.2, 0) is 11.3 Å². The summed E-state index contributed by atoms with van der Waals surface area (Å²) in [5, 5.41) is 3.28. The molecule has 0 saturated carbocycles. The lowest BCUT2D eigenvalue weighted by atomic mass is 10.1. The predicted molar refractivity (Wildman–Crippen MR) is 76.7 cm³/mol. The van der Waals surface area contributed by atoms with Crippen molar-refractivity contribution in [1.29, 1.82) is 0 Å². The molecule has 0 fully saturated rings. The predicted octanol–water partition coefficient (Wildman–Crippen LogP) is 3.86. The molecule has 0 saturated heterocycles. The molecule has 102 valence electrons. The van der Waals surface area contributed by atoms with Crippen LogP contribution in [0.2, 0.25) is 0 Å². The first kappa shape index (κ1) is 15.0. The van der Waals surface area contributed by atoms with Gasteiger partial charge in [0.1, 0.15) is 5.82 Å². The normalized spacial score (nSPS) is 10.9. The topological polar surface area (TPSA) is 34.1 Å². The quantitative estimate of drug-likeness (QED) is 0.676. The summed E-state index contributed by atoms with van der Waals surface area (Å²) in [5.74, 6) is 1.70. The third-order valence-electron chi connectivity index (χ3n) is 2.68. The standard InChI is InChI=1S/C15H26N2O/c1-4-10-16-15-9-5-8-14(17-15)12-18-11-6-7-13(2)3/h5,8-9,13H,4,6-7,10-12H2,1-3H3,(H,16,17). The van der Waals surface area contributed by atoms with Gasteiger partial charge in [0.15, 0.2) is 0 Å². The first-order valence-corrected chi connectivity index (χ1v) is 7.00. The average molecular weight is 250 g/mol. The van der Waals surface area contributed by atoms with Gasteiger partial charge < -0.3 is 10.1 Å². The lowest BCUT2D eigenvalue weighted by Gasteiger charge is -2.08. The number of rotatable bonds is 9. The van der Waals surface area contributed by atoms with Crippen LogP contribution in [0.15, 0.2) is 18.2 Å². The Bertz CT molecular complexity index is 326. The van der Waals surface area contributed by atoms with Gasteiger partial charge in [-0.15, -0.1) is 0 Å². The molecular weight excluding hydrogens is 224 g/mol. The molecule has 0 aliphatic rings. The van der Waals surface area contributed by atoms with Crippen molar-refractivity contribution < 1.29 is 4.74 Å². The largest absolute Gasteiger partial charge is 0.375 e. The van der Waals surface area contributed by atoms with Crippen LogP contribution in [0.4, 0.5) is 5.82 Å². The molecule has 0 unspecified atom stereocenters. The molecule has 3 nitrogen and oxygen atoms in total. The molecule has 1 N–H and O–H groups in total. The summed E-state index contributed by atoms with van der Waals surface area (Å²) >= 11 is 0. The van der Waals surface area contributed by atoms with Gasteiger partial charge in [0.25, 0.3) is 0 Å². The number of ether oxygens (including phenoxy) is 1. The maximum atomic E-state index is 5.64. The number of hydrogen-bond acceptors (Lipinski definition) is 3. The van der Waals surface area contributed by atoms with Crippen LogP contribution >= 0.6 is 0 Å². The fourth-order valence-electron chi connectivity index (χ4n) is 1.68. The van der Waals surface area contributed by atoms with Gasteiger partial charge in [0, 0.05) is 13.2 Å². The smallest absolute Gasteiger partial charge is 0.126 e. The molecular formula is C15H26N2O. The monoisotopic (exact) mass is 250 g/mol. The van der Waals surface area contributed by atoms with Crippen molar-refractivity contribution in [3.05, 3.63) is 23.9 Å². The van der Waals surface area contributed by atoms with Crippen LogP contribution in [0.3, 0.4) is 0 Å². The Morgan fingerprint density at radius 3 is 2.89 bits per heavy atom. The minimum absolute atomic E-state index is 0.611. The molecule has 0 bridgehead atoms. The van der Waals surface area contributed by atoms with Gasteiger partial charge in [-0.1, -0.05) is 26.8 Å². The molecule has 0 amide bonds. The van der Waals surface area contributed by atoms with Crippen LogP contribution in [0.1, 0.15) is 45.7 Å². The van der Waals surface area contributed by atoms with Gasteiger partial charge in [-0.2, -0.15) is 0 Å². The maximum Gasteiger partial charge on any atom is 0.126 e. The number of nitrogens with one attached hydrogen (secondary N) is 1. The molecule has 3 heteroatoms. The van der Waals surface area contributed by atoms with Gasteiger partial charge in [0.05, 0.1) is 12.3 Å². The van der Waals surface area contributed by atoms with Crippen molar-refractivity contribution >= 4 is 5.82 Å². The van der Waals surface area contributed by atoms with Crippen LogP contribution in [0.25, 0.3) is 0 Å². The second-order valence-corrected chi connectivity index (χ2v) is 5.03. The minimum Gasteiger partial charge on any atom is -0.375 e. The second kappa shape index (κ2) is 8.92. The zero-order chi connectivity index (χ0) is 13.2. The highest BCUT2D eigenvalue weighted by atomic mass is 16.5. The summed E-state index contributed by atoms with van der Waals surface area (Å²) < 4.78 is 5.64. The van der Waals surface area contributed by atoms with Gasteiger partial charge in [0.2, 0.25) is 0 Å². The average Bonchev–Trinajstić information content (AvgIpc) is 2.36. The van der Waals surface area contributed by atoms with Crippen LogP contribution in [0, 0.1) is 5.92 Å². The minimum atomic E-state index is 0.611. The van der Waals surface area contributed by atoms with Gasteiger partial charge in [-0.25, -0.2) is 4.98 Å². The van der Waals surface area contributed by atoms with E-state index in [-0.39, 0.29) is 0 Å². The van der Waals surface area contributed by atoms with Gasteiger partial charge in [-0.05, 0) is 37.3 Å². The van der Waals surface area contributed by atoms with Crippen molar-refractivity contribution in [2.24, 2.45) is 5.92 Å². The first-order valence-electron chi connectivity index (χ1n) is 7.00. The Labute approximate surface area is 111 Å². The number of anilines is 1. The molecule has 1 aromatic rings. The third-order valence-corrected chi connectivity index (χ3v) is 2.68. The van der Waals surface area contributed by atoms with Crippen LogP contribution in [0.5, 0.6) is 0 Å². The van der Waals surface area contributed by atoms with E-state index in [1.165, 1.54) is 6.42 Å². The Morgan fingerprint density at radius 2 is 2.17 bits per heavy atom. The lowest BCUT2D eigenvalue weighted by molar-refractivity contribution is 0.112. The van der Waals surface area contributed by atoms with Crippen LogP contribution < -0.4 is 5.32 Å². The van der Waals surface area contributed by atoms with Crippen LogP contribution in [-0.4, -0.2) is 18.1 Å². The highest BCUT2D eigenvalue weighted by Gasteiger charge is 1.98. The summed E-state index contributed by atoms with van der Waals surface area (Å²) in [6, 6.07) is 6.04. The summed E-state index contributed by atoms with van der Waals surface area (Å²) in [7, 11) is 0. The van der Waals surface area contributed by atoms with Crippen molar-refractivity contribution in [2.75, 3.05) is 18.5 Å². The Morgan fingerprint density at radius 1 is 1.33 bits per heavy atom. The van der Waals surface area contributed by atoms with E-state index in [4.69, 9.17) is 4.74 Å². The van der Waals surface area contributed by atoms with Crippen molar-refractivity contribution in [3.8, 4) is 0 Å². The summed E-state index contributed by atoms with van der Waals surface area (Å²) in [5.41, 5.74) is 1.00. The van der Waals surface area contributed by atoms with E-state index in [0.29, 0.717) is 6.61 Å². The Kier molecular flexibility index (Phi) is 7.42. The molecule has 1 aromatic heterocycles. The molecule has 18 heavy (non-hydrogen) atoms. The second-order valence-electron chi connectivity index (χ2n) is 5.03. The summed E-state index contributed by atoms with van der Waals surface area (Å²) in [6.45, 7) is 9.03. The molecule has 0 radical (unpaired) electrons. The zero-order valence-corrected chi connectivity index (χ0v) is 11.9. The number of pyridine rings is 1. The molecule has 1 rings (SSSR count). The van der Waals surface area contributed by atoms with E-state index >= 15 is 0 Å². The SMILES string of the molecule is CCCNc1cccc(COCCCC(C)C)n1. The van der Waals surface area contributed by atoms with E-state index < -0.39 is 0 Å². The zero-order valence-electron chi connectivity index (χ0n) is 11.9. The van der Waals surface area contributed by atoms with Gasteiger partial charge >= 0.3 is 0 Å². The van der Waals surface area contributed by atoms with E-state index in [1.54, 1.807) is 0 Å². The number of hydrogen-bond donors (Lipinski definition) is 1. The highest BCUT2D eigenvalue weighted by molar-refractivity contribution is 5.34. The highest BCUT2D eigenvalue weighted by Crippen LogP contribution is 2.07. The molecule has 1 heterocycles. The molecule has 0 aliphatic carbocycles. The molecule has 0 aliphatic heterocycles. The fraction of sp³-hybridized carbons (Fsp3) is 0.667. The fourth-order valence-corrected chi connectivity index (χ4v) is 1.68. The summed E-state index contributed by atoms with van der Waals surface area (Å²) in [4.78, 5) is 4.51.